The highest BCUT2D eigenvalue weighted by Gasteiger charge is 2.41. The summed E-state index contributed by atoms with van der Waals surface area (Å²) in [6.07, 6.45) is 2.53. The molecule has 1 aliphatic carbocycles. The molecule has 7 nitrogen and oxygen atoms in total. The molecule has 1 heterocycles. The monoisotopic (exact) mass is 557 g/mol. The van der Waals surface area contributed by atoms with Crippen LogP contribution in [0.4, 0.5) is 14.5 Å². The van der Waals surface area contributed by atoms with Crippen molar-refractivity contribution in [2.75, 3.05) is 31.2 Å². The Kier molecular flexibility index (Phi) is 7.35. The summed E-state index contributed by atoms with van der Waals surface area (Å²) < 4.78 is 74.2. The van der Waals surface area contributed by atoms with Crippen LogP contribution in [0.5, 0.6) is 5.75 Å². The van der Waals surface area contributed by atoms with E-state index in [9.17, 15) is 22.0 Å². The third-order valence-corrected chi connectivity index (χ3v) is 8.87. The Morgan fingerprint density at radius 1 is 1.03 bits per heavy atom. The first-order valence-corrected chi connectivity index (χ1v) is 14.0. The fourth-order valence-electron chi connectivity index (χ4n) is 4.90. The summed E-state index contributed by atoms with van der Waals surface area (Å²) in [5.41, 5.74) is 2.94. The van der Waals surface area contributed by atoms with Gasteiger partial charge in [-0.15, -0.1) is 0 Å². The summed E-state index contributed by atoms with van der Waals surface area (Å²) in [6.45, 7) is 2.64. The van der Waals surface area contributed by atoms with Gasteiger partial charge in [0.2, 0.25) is 0 Å². The molecule has 206 valence electrons. The van der Waals surface area contributed by atoms with Gasteiger partial charge in [-0.2, -0.15) is 0 Å². The number of hydrogen-bond donors (Lipinski definition) is 0. The van der Waals surface area contributed by atoms with E-state index in [2.05, 4.69) is 0 Å². The SMILES string of the molecule is COC(=O)c1ccc(COc2cc3c(cc2N(CC2(C)COC2)S(=O)(=O)c2cc(F)ccc2F)CCC3)cc1. The highest BCUT2D eigenvalue weighted by molar-refractivity contribution is 7.92. The zero-order chi connectivity index (χ0) is 27.8. The van der Waals surface area contributed by atoms with Gasteiger partial charge in [0.1, 0.15) is 28.9 Å². The standard InChI is InChI=1S/C29H29F2NO6S/c1-29(17-37-18-29)16-32(39(34,35)27-14-23(30)10-11-24(27)31)25-12-21-4-3-5-22(21)13-26(25)38-15-19-6-8-20(9-7-19)28(33)36-2/h6-14H,3-5,15-18H2,1-2H3. The van der Waals surface area contributed by atoms with Crippen molar-refractivity contribution in [3.05, 3.63) is 88.5 Å². The first-order chi connectivity index (χ1) is 18.6. The number of nitrogens with zero attached hydrogens (tertiary/aromatic N) is 1. The van der Waals surface area contributed by atoms with Crippen LogP contribution in [0.2, 0.25) is 0 Å². The number of rotatable bonds is 9. The summed E-state index contributed by atoms with van der Waals surface area (Å²) in [5.74, 6) is -2.03. The maximum absolute atomic E-state index is 14.8. The van der Waals surface area contributed by atoms with Crippen molar-refractivity contribution in [1.82, 2.24) is 0 Å². The van der Waals surface area contributed by atoms with Gasteiger partial charge < -0.3 is 14.2 Å². The molecule has 1 aliphatic heterocycles. The number of benzene rings is 3. The quantitative estimate of drug-likeness (QED) is 0.343. The minimum atomic E-state index is -4.53. The third-order valence-electron chi connectivity index (χ3n) is 7.10. The van der Waals surface area contributed by atoms with Crippen molar-refractivity contribution in [3.63, 3.8) is 0 Å². The number of methoxy groups -OCH3 is 1. The summed E-state index contributed by atoms with van der Waals surface area (Å²) in [4.78, 5) is 11.0. The number of carbonyl (C=O) groups is 1. The first kappa shape index (κ1) is 27.1. The van der Waals surface area contributed by atoms with Gasteiger partial charge in [0.15, 0.2) is 0 Å². The maximum atomic E-state index is 14.8. The lowest BCUT2D eigenvalue weighted by molar-refractivity contribution is -0.0941. The molecule has 0 spiro atoms. The van der Waals surface area contributed by atoms with E-state index in [1.807, 2.05) is 13.0 Å². The summed E-state index contributed by atoms with van der Waals surface area (Å²) in [5, 5.41) is 0. The van der Waals surface area contributed by atoms with Crippen molar-refractivity contribution in [1.29, 1.82) is 0 Å². The van der Waals surface area contributed by atoms with Gasteiger partial charge in [-0.3, -0.25) is 4.31 Å². The Hall–Kier alpha value is -3.50. The Bertz CT molecular complexity index is 1500. The van der Waals surface area contributed by atoms with E-state index in [0.29, 0.717) is 30.6 Å². The van der Waals surface area contributed by atoms with Gasteiger partial charge in [0.05, 0.1) is 31.6 Å². The highest BCUT2D eigenvalue weighted by atomic mass is 32.2. The molecule has 3 aromatic carbocycles. The molecular weight excluding hydrogens is 528 g/mol. The van der Waals surface area contributed by atoms with Crippen molar-refractivity contribution in [2.24, 2.45) is 5.41 Å². The largest absolute Gasteiger partial charge is 0.487 e. The molecule has 0 amide bonds. The zero-order valence-electron chi connectivity index (χ0n) is 21.7. The number of carbonyl (C=O) groups excluding carboxylic acids is 1. The number of fused-ring (bicyclic) bond motifs is 1. The summed E-state index contributed by atoms with van der Waals surface area (Å²) >= 11 is 0. The number of sulfonamides is 1. The lowest BCUT2D eigenvalue weighted by Gasteiger charge is -2.42. The minimum Gasteiger partial charge on any atom is -0.487 e. The van der Waals surface area contributed by atoms with Crippen LogP contribution in [0, 0.1) is 17.0 Å². The average Bonchev–Trinajstić information content (AvgIpc) is 3.37. The Morgan fingerprint density at radius 3 is 2.36 bits per heavy atom. The minimum absolute atomic E-state index is 0.00569. The molecule has 0 atom stereocenters. The smallest absolute Gasteiger partial charge is 0.337 e. The summed E-state index contributed by atoms with van der Waals surface area (Å²) in [6, 6.07) is 12.7. The molecule has 3 aromatic rings. The van der Waals surface area contributed by atoms with E-state index in [0.717, 1.165) is 52.4 Å². The second kappa shape index (κ2) is 10.6. The number of anilines is 1. The summed E-state index contributed by atoms with van der Waals surface area (Å²) in [7, 11) is -3.22. The van der Waals surface area contributed by atoms with Crippen LogP contribution < -0.4 is 9.04 Å². The average molecular weight is 558 g/mol. The van der Waals surface area contributed by atoms with Crippen LogP contribution in [0.3, 0.4) is 0 Å². The van der Waals surface area contributed by atoms with E-state index < -0.39 is 37.9 Å². The second-order valence-corrected chi connectivity index (χ2v) is 12.1. The van der Waals surface area contributed by atoms with Crippen LogP contribution in [-0.4, -0.2) is 41.3 Å². The number of halogens is 2. The maximum Gasteiger partial charge on any atom is 0.337 e. The lowest BCUT2D eigenvalue weighted by atomic mass is 9.88. The topological polar surface area (TPSA) is 82.1 Å². The second-order valence-electron chi connectivity index (χ2n) is 10.3. The van der Waals surface area contributed by atoms with Crippen LogP contribution in [0.25, 0.3) is 0 Å². The van der Waals surface area contributed by atoms with Crippen molar-refractivity contribution < 1.29 is 36.2 Å². The highest BCUT2D eigenvalue weighted by Crippen LogP contribution is 2.41. The van der Waals surface area contributed by atoms with E-state index >= 15 is 0 Å². The number of aryl methyl sites for hydroxylation is 2. The Morgan fingerprint density at radius 2 is 1.72 bits per heavy atom. The normalized spacial score (nSPS) is 15.8. The molecular formula is C29H29F2NO6S. The molecule has 1 saturated heterocycles. The van der Waals surface area contributed by atoms with Gasteiger partial charge >= 0.3 is 5.97 Å². The van der Waals surface area contributed by atoms with Gasteiger partial charge in [-0.1, -0.05) is 19.1 Å². The van der Waals surface area contributed by atoms with Gasteiger partial charge in [-0.25, -0.2) is 22.0 Å². The molecule has 0 aromatic heterocycles. The molecule has 0 radical (unpaired) electrons. The first-order valence-electron chi connectivity index (χ1n) is 12.6. The number of esters is 1. The van der Waals surface area contributed by atoms with Crippen LogP contribution in [0.1, 0.15) is 40.4 Å². The van der Waals surface area contributed by atoms with Crippen LogP contribution in [-0.2, 0) is 38.9 Å². The molecule has 2 aliphatic rings. The Balaban J connectivity index is 1.55. The molecule has 0 unspecified atom stereocenters. The molecule has 39 heavy (non-hydrogen) atoms. The van der Waals surface area contributed by atoms with E-state index in [1.54, 1.807) is 30.3 Å². The molecule has 0 saturated carbocycles. The lowest BCUT2D eigenvalue weighted by Crippen LogP contribution is -2.50. The molecule has 5 rings (SSSR count). The predicted molar refractivity (Wildman–Crippen MR) is 140 cm³/mol. The molecule has 1 fully saturated rings. The fraction of sp³-hybridized carbons (Fsp3) is 0.345. The number of ether oxygens (including phenoxy) is 3. The zero-order valence-corrected chi connectivity index (χ0v) is 22.5. The van der Waals surface area contributed by atoms with Crippen molar-refractivity contribution in [3.8, 4) is 5.75 Å². The van der Waals surface area contributed by atoms with Crippen LogP contribution in [0.15, 0.2) is 59.5 Å². The van der Waals surface area contributed by atoms with Crippen molar-refractivity contribution in [2.45, 2.75) is 37.7 Å². The van der Waals surface area contributed by atoms with Gasteiger partial charge in [0.25, 0.3) is 10.0 Å². The fourth-order valence-corrected chi connectivity index (χ4v) is 6.59. The van der Waals surface area contributed by atoms with E-state index in [4.69, 9.17) is 14.2 Å². The Labute approximate surface area is 226 Å². The van der Waals surface area contributed by atoms with Crippen LogP contribution >= 0.6 is 0 Å². The predicted octanol–water partition coefficient (Wildman–Crippen LogP) is 5.05. The third kappa shape index (κ3) is 5.49. The van der Waals surface area contributed by atoms with E-state index in [-0.39, 0.29) is 18.8 Å². The van der Waals surface area contributed by atoms with Gasteiger partial charge in [-0.05, 0) is 78.4 Å². The number of hydrogen-bond acceptors (Lipinski definition) is 6. The van der Waals surface area contributed by atoms with Gasteiger partial charge in [0, 0.05) is 12.0 Å². The molecule has 0 N–H and O–H groups in total. The van der Waals surface area contributed by atoms with Crippen molar-refractivity contribution >= 4 is 21.7 Å². The molecule has 0 bridgehead atoms. The molecule has 10 heteroatoms. The van der Waals surface area contributed by atoms with E-state index in [1.165, 1.54) is 7.11 Å².